The van der Waals surface area contributed by atoms with Crippen molar-refractivity contribution in [2.24, 2.45) is 0 Å². The highest BCUT2D eigenvalue weighted by Crippen LogP contribution is 2.46. The van der Waals surface area contributed by atoms with E-state index < -0.39 is 0 Å². The quantitative estimate of drug-likeness (QED) is 0.810. The number of hydrogen-bond acceptors (Lipinski definition) is 3. The lowest BCUT2D eigenvalue weighted by atomic mass is 9.73. The van der Waals surface area contributed by atoms with Gasteiger partial charge in [0.15, 0.2) is 5.78 Å². The van der Waals surface area contributed by atoms with Gasteiger partial charge >= 0.3 is 0 Å². The number of Topliss-reactive ketones (excluding diaryl/α,β-unsaturated/α-hetero) is 1. The van der Waals surface area contributed by atoms with Crippen molar-refractivity contribution >= 4 is 11.7 Å². The van der Waals surface area contributed by atoms with Crippen LogP contribution in [0.2, 0.25) is 0 Å². The van der Waals surface area contributed by atoms with Crippen molar-refractivity contribution in [2.75, 3.05) is 13.1 Å². The van der Waals surface area contributed by atoms with Gasteiger partial charge in [0, 0.05) is 42.9 Å². The SMILES string of the molecule is O=C1CC2(CCN(C(=O)c3cccnc3)CC2)c2ccc(F)cc21. The summed E-state index contributed by atoms with van der Waals surface area (Å²) in [6.45, 7) is 1.19. The van der Waals surface area contributed by atoms with E-state index in [9.17, 15) is 14.0 Å². The molecule has 2 heterocycles. The van der Waals surface area contributed by atoms with Gasteiger partial charge in [-0.15, -0.1) is 0 Å². The third kappa shape index (κ3) is 2.31. The number of fused-ring (bicyclic) bond motifs is 2. The van der Waals surface area contributed by atoms with Crippen molar-refractivity contribution in [2.45, 2.75) is 24.7 Å². The third-order valence-electron chi connectivity index (χ3n) is 5.27. The van der Waals surface area contributed by atoms with Gasteiger partial charge in [-0.2, -0.15) is 0 Å². The molecule has 0 unspecified atom stereocenters. The highest BCUT2D eigenvalue weighted by Gasteiger charge is 2.45. The second kappa shape index (κ2) is 5.51. The molecule has 1 aliphatic carbocycles. The van der Waals surface area contributed by atoms with Crippen LogP contribution in [-0.2, 0) is 5.41 Å². The average molecular weight is 324 g/mol. The summed E-state index contributed by atoms with van der Waals surface area (Å²) >= 11 is 0. The summed E-state index contributed by atoms with van der Waals surface area (Å²) in [5.41, 5.74) is 1.80. The normalized spacial score (nSPS) is 18.7. The Labute approximate surface area is 139 Å². The Morgan fingerprint density at radius 3 is 2.71 bits per heavy atom. The van der Waals surface area contributed by atoms with E-state index in [1.54, 1.807) is 30.6 Å². The Hall–Kier alpha value is -2.56. The molecule has 1 fully saturated rings. The van der Waals surface area contributed by atoms with Crippen molar-refractivity contribution in [1.29, 1.82) is 0 Å². The highest BCUT2D eigenvalue weighted by atomic mass is 19.1. The number of nitrogens with zero attached hydrogens (tertiary/aromatic N) is 2. The average Bonchev–Trinajstić information content (AvgIpc) is 2.87. The maximum Gasteiger partial charge on any atom is 0.255 e. The summed E-state index contributed by atoms with van der Waals surface area (Å²) < 4.78 is 13.4. The van der Waals surface area contributed by atoms with Crippen LogP contribution in [-0.4, -0.2) is 34.7 Å². The number of hydrogen-bond donors (Lipinski definition) is 0. The number of amides is 1. The van der Waals surface area contributed by atoms with Gasteiger partial charge in [0.2, 0.25) is 0 Å². The van der Waals surface area contributed by atoms with Crippen LogP contribution >= 0.6 is 0 Å². The first-order valence-electron chi connectivity index (χ1n) is 8.12. The van der Waals surface area contributed by atoms with Crippen LogP contribution in [0.1, 0.15) is 45.5 Å². The third-order valence-corrected chi connectivity index (χ3v) is 5.27. The molecule has 1 saturated heterocycles. The second-order valence-corrected chi connectivity index (χ2v) is 6.60. The van der Waals surface area contributed by atoms with E-state index in [2.05, 4.69) is 4.98 Å². The number of piperidine rings is 1. The second-order valence-electron chi connectivity index (χ2n) is 6.60. The maximum atomic E-state index is 13.4. The number of ketones is 1. The summed E-state index contributed by atoms with van der Waals surface area (Å²) in [6, 6.07) is 8.02. The van der Waals surface area contributed by atoms with Gasteiger partial charge in [0.1, 0.15) is 5.82 Å². The first-order valence-corrected chi connectivity index (χ1v) is 8.12. The van der Waals surface area contributed by atoms with E-state index in [-0.39, 0.29) is 22.9 Å². The van der Waals surface area contributed by atoms with Crippen LogP contribution in [0.5, 0.6) is 0 Å². The smallest absolute Gasteiger partial charge is 0.255 e. The van der Waals surface area contributed by atoms with Crippen molar-refractivity contribution in [3.05, 3.63) is 65.2 Å². The van der Waals surface area contributed by atoms with E-state index in [1.165, 1.54) is 12.1 Å². The van der Waals surface area contributed by atoms with Gasteiger partial charge in [0.05, 0.1) is 5.56 Å². The van der Waals surface area contributed by atoms with Crippen LogP contribution in [0.15, 0.2) is 42.7 Å². The number of rotatable bonds is 1. The minimum absolute atomic E-state index is 0.0107. The summed E-state index contributed by atoms with van der Waals surface area (Å²) in [4.78, 5) is 30.6. The lowest BCUT2D eigenvalue weighted by molar-refractivity contribution is 0.0661. The molecular weight excluding hydrogens is 307 g/mol. The van der Waals surface area contributed by atoms with Crippen LogP contribution in [0.3, 0.4) is 0 Å². The van der Waals surface area contributed by atoms with E-state index in [0.717, 1.165) is 18.4 Å². The minimum Gasteiger partial charge on any atom is -0.339 e. The molecule has 0 atom stereocenters. The van der Waals surface area contributed by atoms with E-state index >= 15 is 0 Å². The summed E-state index contributed by atoms with van der Waals surface area (Å²) in [7, 11) is 0. The van der Waals surface area contributed by atoms with Crippen molar-refractivity contribution < 1.29 is 14.0 Å². The molecule has 122 valence electrons. The predicted molar refractivity (Wildman–Crippen MR) is 86.4 cm³/mol. The van der Waals surface area contributed by atoms with Crippen LogP contribution in [0.4, 0.5) is 4.39 Å². The zero-order valence-electron chi connectivity index (χ0n) is 13.2. The Kier molecular flexibility index (Phi) is 3.44. The molecule has 5 heteroatoms. The molecule has 4 nitrogen and oxygen atoms in total. The number of halogens is 1. The molecule has 4 rings (SSSR count). The molecule has 0 N–H and O–H groups in total. The zero-order valence-corrected chi connectivity index (χ0v) is 13.2. The molecule has 1 amide bonds. The Morgan fingerprint density at radius 1 is 1.21 bits per heavy atom. The molecule has 1 spiro atoms. The molecule has 2 aromatic rings. The van der Waals surface area contributed by atoms with Crippen molar-refractivity contribution in [3.63, 3.8) is 0 Å². The fraction of sp³-hybridized carbons (Fsp3) is 0.316. The van der Waals surface area contributed by atoms with Gasteiger partial charge in [-0.25, -0.2) is 4.39 Å². The number of carbonyl (C=O) groups is 2. The minimum atomic E-state index is -0.372. The van der Waals surface area contributed by atoms with Gasteiger partial charge in [-0.05, 0) is 42.7 Å². The predicted octanol–water partition coefficient (Wildman–Crippen LogP) is 2.98. The van der Waals surface area contributed by atoms with Gasteiger partial charge in [0.25, 0.3) is 5.91 Å². The summed E-state index contributed by atoms with van der Waals surface area (Å²) in [6.07, 6.45) is 5.08. The highest BCUT2D eigenvalue weighted by molar-refractivity contribution is 6.02. The summed E-state index contributed by atoms with van der Waals surface area (Å²) in [5, 5.41) is 0. The standard InChI is InChI=1S/C19H17FN2O2/c20-14-3-4-16-15(10-14)17(23)11-19(16)5-8-22(9-6-19)18(24)13-2-1-7-21-12-13/h1-4,7,10,12H,5-6,8-9,11H2. The molecule has 0 saturated carbocycles. The van der Waals surface area contributed by atoms with E-state index in [0.29, 0.717) is 30.6 Å². The number of pyridine rings is 1. The van der Waals surface area contributed by atoms with Crippen LogP contribution in [0.25, 0.3) is 0 Å². The van der Waals surface area contributed by atoms with E-state index in [1.807, 2.05) is 4.90 Å². The lowest BCUT2D eigenvalue weighted by Gasteiger charge is -2.39. The molecule has 1 aromatic heterocycles. The monoisotopic (exact) mass is 324 g/mol. The Balaban J connectivity index is 1.55. The van der Waals surface area contributed by atoms with Crippen molar-refractivity contribution in [1.82, 2.24) is 9.88 Å². The number of carbonyl (C=O) groups excluding carboxylic acids is 2. The number of benzene rings is 1. The van der Waals surface area contributed by atoms with Gasteiger partial charge < -0.3 is 4.90 Å². The van der Waals surface area contributed by atoms with Gasteiger partial charge in [-0.3, -0.25) is 14.6 Å². The first kappa shape index (κ1) is 15.0. The molecule has 2 aliphatic rings. The molecule has 1 aromatic carbocycles. The van der Waals surface area contributed by atoms with Crippen LogP contribution in [0, 0.1) is 5.82 Å². The topological polar surface area (TPSA) is 50.3 Å². The molecule has 24 heavy (non-hydrogen) atoms. The lowest BCUT2D eigenvalue weighted by Crippen LogP contribution is -2.44. The first-order chi connectivity index (χ1) is 11.6. The zero-order chi connectivity index (χ0) is 16.7. The summed E-state index contributed by atoms with van der Waals surface area (Å²) in [5.74, 6) is -0.388. The fourth-order valence-electron chi connectivity index (χ4n) is 3.96. The molecule has 0 radical (unpaired) electrons. The molecule has 0 bridgehead atoms. The fourth-order valence-corrected chi connectivity index (χ4v) is 3.96. The number of aromatic nitrogens is 1. The van der Waals surface area contributed by atoms with Gasteiger partial charge in [-0.1, -0.05) is 6.07 Å². The largest absolute Gasteiger partial charge is 0.339 e. The Bertz CT molecular complexity index is 811. The van der Waals surface area contributed by atoms with E-state index in [4.69, 9.17) is 0 Å². The maximum absolute atomic E-state index is 13.4. The number of likely N-dealkylation sites (tertiary alicyclic amines) is 1. The molecule has 1 aliphatic heterocycles. The van der Waals surface area contributed by atoms with Crippen LogP contribution < -0.4 is 0 Å². The Morgan fingerprint density at radius 2 is 2.00 bits per heavy atom. The van der Waals surface area contributed by atoms with Crippen molar-refractivity contribution in [3.8, 4) is 0 Å². The molecular formula is C19H17FN2O2.